The third kappa shape index (κ3) is 1.64. The first-order chi connectivity index (χ1) is 7.20. The van der Waals surface area contributed by atoms with Crippen molar-refractivity contribution in [1.29, 1.82) is 0 Å². The van der Waals surface area contributed by atoms with Crippen LogP contribution in [0.5, 0.6) is 5.75 Å². The van der Waals surface area contributed by atoms with Gasteiger partial charge in [-0.1, -0.05) is 30.3 Å². The van der Waals surface area contributed by atoms with Gasteiger partial charge in [-0.05, 0) is 11.6 Å². The molecule has 1 heterocycles. The molecular weight excluding hydrogens is 190 g/mol. The van der Waals surface area contributed by atoms with Gasteiger partial charge in [-0.15, -0.1) is 0 Å². The summed E-state index contributed by atoms with van der Waals surface area (Å²) in [5.41, 5.74) is 0.887. The molecule has 0 amide bonds. The fraction of sp³-hybridized carbons (Fsp3) is 0.0833. The van der Waals surface area contributed by atoms with Crippen LogP contribution in [0.2, 0.25) is 0 Å². The van der Waals surface area contributed by atoms with Gasteiger partial charge in [0.25, 0.3) is 5.56 Å². The number of nitrogens with zero attached hydrogens (tertiary/aromatic N) is 1. The van der Waals surface area contributed by atoms with Crippen molar-refractivity contribution in [3.05, 3.63) is 52.9 Å². The summed E-state index contributed by atoms with van der Waals surface area (Å²) >= 11 is 0. The van der Waals surface area contributed by atoms with Crippen molar-refractivity contribution in [2.75, 3.05) is 0 Å². The Morgan fingerprint density at radius 2 is 1.80 bits per heavy atom. The van der Waals surface area contributed by atoms with Gasteiger partial charge in [-0.2, -0.15) is 0 Å². The molecule has 0 bridgehead atoms. The maximum absolute atomic E-state index is 11.8. The van der Waals surface area contributed by atoms with E-state index in [0.29, 0.717) is 5.56 Å². The summed E-state index contributed by atoms with van der Waals surface area (Å²) in [5.74, 6) is 0.0179. The lowest BCUT2D eigenvalue weighted by atomic mass is 10.1. The van der Waals surface area contributed by atoms with Crippen molar-refractivity contribution in [1.82, 2.24) is 4.57 Å². The maximum atomic E-state index is 11.8. The van der Waals surface area contributed by atoms with Gasteiger partial charge in [-0.3, -0.25) is 4.79 Å². The zero-order valence-electron chi connectivity index (χ0n) is 8.34. The summed E-state index contributed by atoms with van der Waals surface area (Å²) in [6.45, 7) is 0. The highest BCUT2D eigenvalue weighted by molar-refractivity contribution is 5.68. The Kier molecular flexibility index (Phi) is 2.29. The standard InChI is InChI=1S/C12H11NO2/c1-13-8-7-10(14)11(12(13)15)9-5-3-2-4-6-9/h2-8,14H,1H3. The molecule has 1 N–H and O–H groups in total. The highest BCUT2D eigenvalue weighted by Gasteiger charge is 2.09. The average Bonchev–Trinajstić information content (AvgIpc) is 2.26. The van der Waals surface area contributed by atoms with Gasteiger partial charge < -0.3 is 9.67 Å². The quantitative estimate of drug-likeness (QED) is 0.763. The van der Waals surface area contributed by atoms with E-state index in [1.165, 1.54) is 10.6 Å². The first kappa shape index (κ1) is 9.52. The van der Waals surface area contributed by atoms with Crippen LogP contribution in [0, 0.1) is 0 Å². The third-order valence-electron chi connectivity index (χ3n) is 2.31. The summed E-state index contributed by atoms with van der Waals surface area (Å²) in [7, 11) is 1.66. The Bertz CT molecular complexity index is 529. The van der Waals surface area contributed by atoms with Crippen LogP contribution in [0.4, 0.5) is 0 Å². The maximum Gasteiger partial charge on any atom is 0.261 e. The number of aromatic nitrogens is 1. The highest BCUT2D eigenvalue weighted by atomic mass is 16.3. The van der Waals surface area contributed by atoms with Crippen molar-refractivity contribution in [2.45, 2.75) is 0 Å². The number of aryl methyl sites for hydroxylation is 1. The zero-order valence-corrected chi connectivity index (χ0v) is 8.34. The minimum absolute atomic E-state index is 0.0179. The average molecular weight is 201 g/mol. The van der Waals surface area contributed by atoms with Gasteiger partial charge in [0.05, 0.1) is 5.56 Å². The molecule has 0 unspecified atom stereocenters. The molecule has 0 aliphatic carbocycles. The van der Waals surface area contributed by atoms with Gasteiger partial charge in [0.15, 0.2) is 0 Å². The molecule has 0 saturated carbocycles. The first-order valence-corrected chi connectivity index (χ1v) is 4.64. The molecule has 0 fully saturated rings. The topological polar surface area (TPSA) is 42.2 Å². The van der Waals surface area contributed by atoms with E-state index in [-0.39, 0.29) is 11.3 Å². The van der Waals surface area contributed by atoms with Gasteiger partial charge in [0.2, 0.25) is 0 Å². The van der Waals surface area contributed by atoms with Crippen LogP contribution in [0.3, 0.4) is 0 Å². The van der Waals surface area contributed by atoms with Crippen LogP contribution in [-0.4, -0.2) is 9.67 Å². The number of hydrogen-bond donors (Lipinski definition) is 1. The van der Waals surface area contributed by atoms with Gasteiger partial charge in [-0.25, -0.2) is 0 Å². The molecule has 0 saturated heterocycles. The van der Waals surface area contributed by atoms with Crippen LogP contribution < -0.4 is 5.56 Å². The zero-order chi connectivity index (χ0) is 10.8. The molecule has 76 valence electrons. The van der Waals surface area contributed by atoms with E-state index in [0.717, 1.165) is 5.56 Å². The third-order valence-corrected chi connectivity index (χ3v) is 2.31. The minimum atomic E-state index is -0.193. The molecule has 0 aliphatic heterocycles. The monoisotopic (exact) mass is 201 g/mol. The molecule has 2 rings (SSSR count). The van der Waals surface area contributed by atoms with Crippen molar-refractivity contribution >= 4 is 0 Å². The molecule has 0 atom stereocenters. The van der Waals surface area contributed by atoms with Gasteiger partial charge in [0, 0.05) is 13.2 Å². The van der Waals surface area contributed by atoms with E-state index < -0.39 is 0 Å². The molecule has 0 radical (unpaired) electrons. The van der Waals surface area contributed by atoms with Crippen molar-refractivity contribution in [3.63, 3.8) is 0 Å². The molecular formula is C12H11NO2. The molecule has 3 nitrogen and oxygen atoms in total. The Labute approximate surface area is 87.2 Å². The summed E-state index contributed by atoms with van der Waals surface area (Å²) < 4.78 is 1.45. The second-order valence-corrected chi connectivity index (χ2v) is 3.36. The lowest BCUT2D eigenvalue weighted by molar-refractivity contribution is 0.474. The molecule has 0 aliphatic rings. The predicted octanol–water partition coefficient (Wildman–Crippen LogP) is 1.76. The number of rotatable bonds is 1. The lowest BCUT2D eigenvalue weighted by Gasteiger charge is -2.05. The normalized spacial score (nSPS) is 10.2. The van der Waals surface area contributed by atoms with Crippen LogP contribution in [0.15, 0.2) is 47.4 Å². The Hall–Kier alpha value is -2.03. The van der Waals surface area contributed by atoms with Gasteiger partial charge >= 0.3 is 0 Å². The summed E-state index contributed by atoms with van der Waals surface area (Å²) in [4.78, 5) is 11.8. The number of aromatic hydroxyl groups is 1. The predicted molar refractivity (Wildman–Crippen MR) is 58.8 cm³/mol. The largest absolute Gasteiger partial charge is 0.507 e. The lowest BCUT2D eigenvalue weighted by Crippen LogP contribution is -2.17. The number of benzene rings is 1. The fourth-order valence-corrected chi connectivity index (χ4v) is 1.50. The van der Waals surface area contributed by atoms with Crippen LogP contribution in [-0.2, 0) is 7.05 Å². The minimum Gasteiger partial charge on any atom is -0.507 e. The summed E-state index contributed by atoms with van der Waals surface area (Å²) in [5, 5.41) is 9.66. The molecule has 15 heavy (non-hydrogen) atoms. The van der Waals surface area contributed by atoms with Crippen LogP contribution in [0.1, 0.15) is 0 Å². The molecule has 2 aromatic rings. The second-order valence-electron chi connectivity index (χ2n) is 3.36. The Morgan fingerprint density at radius 1 is 1.13 bits per heavy atom. The SMILES string of the molecule is Cn1ccc(O)c(-c2ccccc2)c1=O. The summed E-state index contributed by atoms with van der Waals surface area (Å²) in [6.07, 6.45) is 1.55. The van der Waals surface area contributed by atoms with Crippen molar-refractivity contribution in [2.24, 2.45) is 7.05 Å². The van der Waals surface area contributed by atoms with E-state index in [4.69, 9.17) is 0 Å². The van der Waals surface area contributed by atoms with Crippen molar-refractivity contribution < 1.29 is 5.11 Å². The molecule has 1 aromatic heterocycles. The van der Waals surface area contributed by atoms with E-state index in [9.17, 15) is 9.90 Å². The number of hydrogen-bond acceptors (Lipinski definition) is 2. The molecule has 0 spiro atoms. The summed E-state index contributed by atoms with van der Waals surface area (Å²) in [6, 6.07) is 10.7. The smallest absolute Gasteiger partial charge is 0.261 e. The van der Waals surface area contributed by atoms with E-state index in [1.54, 1.807) is 25.4 Å². The van der Waals surface area contributed by atoms with E-state index >= 15 is 0 Å². The second kappa shape index (κ2) is 3.61. The molecule has 3 heteroatoms. The Balaban J connectivity index is 2.73. The first-order valence-electron chi connectivity index (χ1n) is 4.64. The van der Waals surface area contributed by atoms with E-state index in [2.05, 4.69) is 0 Å². The van der Waals surface area contributed by atoms with Gasteiger partial charge in [0.1, 0.15) is 5.75 Å². The van der Waals surface area contributed by atoms with Crippen LogP contribution in [0.25, 0.3) is 11.1 Å². The number of pyridine rings is 1. The molecule has 1 aromatic carbocycles. The Morgan fingerprint density at radius 3 is 2.47 bits per heavy atom. The van der Waals surface area contributed by atoms with Crippen molar-refractivity contribution in [3.8, 4) is 16.9 Å². The van der Waals surface area contributed by atoms with Crippen LogP contribution >= 0.6 is 0 Å². The van der Waals surface area contributed by atoms with E-state index in [1.807, 2.05) is 18.2 Å². The fourth-order valence-electron chi connectivity index (χ4n) is 1.50. The highest BCUT2D eigenvalue weighted by Crippen LogP contribution is 2.24.